The number of allylic oxidation sites excluding steroid dienone is 2. The molecule has 0 saturated heterocycles. The van der Waals surface area contributed by atoms with Crippen molar-refractivity contribution in [2.75, 3.05) is 0 Å². The van der Waals surface area contributed by atoms with E-state index in [4.69, 9.17) is 2.82 Å². The fraction of sp³-hybridized carbons (Fsp3) is 0.176. The number of aliphatic hydroxyl groups excluding tert-OH is 2. The molecule has 0 saturated carbocycles. The molecule has 6 N–H and O–H groups in total. The van der Waals surface area contributed by atoms with Crippen molar-refractivity contribution in [3.63, 3.8) is 0 Å². The Hall–Kier alpha value is -5.02. The predicted octanol–water partition coefficient (Wildman–Crippen LogP) is 7.56. The van der Waals surface area contributed by atoms with Crippen LogP contribution in [0.1, 0.15) is 57.3 Å². The van der Waals surface area contributed by atoms with Gasteiger partial charge < -0.3 is 10.2 Å². The number of aryl methyl sites for hydroxylation is 2. The van der Waals surface area contributed by atoms with Crippen LogP contribution in [0.2, 0.25) is 2.82 Å². The highest BCUT2D eigenvalue weighted by Gasteiger charge is 2.53. The maximum atomic E-state index is 13.4. The maximum absolute atomic E-state index is 13.4. The lowest BCUT2D eigenvalue weighted by Gasteiger charge is -2.37. The summed E-state index contributed by atoms with van der Waals surface area (Å²) in [6.45, 7) is 3.32. The van der Waals surface area contributed by atoms with E-state index in [0.29, 0.717) is 22.3 Å². The smallest absolute Gasteiger partial charge is 0.279 e. The number of nitrogens with zero attached hydrogens (tertiary/aromatic N) is 2. The van der Waals surface area contributed by atoms with Gasteiger partial charge in [-0.1, -0.05) is 84.9 Å². The van der Waals surface area contributed by atoms with Crippen molar-refractivity contribution in [1.82, 2.24) is 0 Å². The number of fused-ring (bicyclic) bond motifs is 2. The number of hydrogen-bond donors (Lipinski definition) is 6. The van der Waals surface area contributed by atoms with Gasteiger partial charge in [0.2, 0.25) is 2.82 Å². The molecule has 14 heteroatoms. The summed E-state index contributed by atoms with van der Waals surface area (Å²) in [6.07, 6.45) is -1.01. The van der Waals surface area contributed by atoms with E-state index in [-0.39, 0.29) is 56.3 Å². The van der Waals surface area contributed by atoms with E-state index in [1.54, 1.807) is 74.5 Å². The monoisotopic (exact) mass is 686 g/mol. The first-order valence-corrected chi connectivity index (χ1v) is 17.4. The second-order valence-electron chi connectivity index (χ2n) is 11.9. The van der Waals surface area contributed by atoms with Gasteiger partial charge in [0.1, 0.15) is 22.9 Å². The summed E-state index contributed by atoms with van der Waals surface area (Å²) in [5.74, 6) is -0.714. The van der Waals surface area contributed by atoms with Crippen LogP contribution in [0.5, 0.6) is 0 Å². The third kappa shape index (κ3) is 4.63. The van der Waals surface area contributed by atoms with Crippen LogP contribution in [-0.4, -0.2) is 36.2 Å². The number of aliphatic hydroxyl groups is 2. The van der Waals surface area contributed by atoms with E-state index in [1.807, 2.05) is 0 Å². The fourth-order valence-electron chi connectivity index (χ4n) is 7.20. The summed E-state index contributed by atoms with van der Waals surface area (Å²) in [5.41, 5.74) is 8.54. The van der Waals surface area contributed by atoms with Gasteiger partial charge in [0.15, 0.2) is 9.49 Å². The van der Waals surface area contributed by atoms with Gasteiger partial charge in [-0.25, -0.2) is 11.0 Å². The molecule has 2 aliphatic rings. The lowest BCUT2D eigenvalue weighted by molar-refractivity contribution is 0.429. The van der Waals surface area contributed by atoms with Crippen LogP contribution in [0.3, 0.4) is 0 Å². The van der Waals surface area contributed by atoms with Crippen LogP contribution < -0.4 is 0 Å². The van der Waals surface area contributed by atoms with Crippen molar-refractivity contribution >= 4 is 31.8 Å². The Labute approximate surface area is 279 Å². The number of benzene rings is 4. The lowest BCUT2D eigenvalue weighted by atomic mass is 9.76. The van der Waals surface area contributed by atoms with Crippen molar-refractivity contribution in [1.29, 1.82) is 11.0 Å². The van der Waals surface area contributed by atoms with Gasteiger partial charge in [0.05, 0.1) is 0 Å². The average Bonchev–Trinajstić information content (AvgIpc) is 3.07. The molecule has 0 amide bonds. The average molecular weight is 687 g/mol. The Bertz CT molecular complexity index is 2260. The molecule has 0 heterocycles. The second-order valence-corrected chi connectivity index (χ2v) is 15.2. The molecule has 48 heavy (non-hydrogen) atoms. The summed E-state index contributed by atoms with van der Waals surface area (Å²) in [5, 5.41) is 29.0. The van der Waals surface area contributed by atoms with E-state index in [2.05, 4.69) is 21.3 Å². The van der Waals surface area contributed by atoms with E-state index >= 15 is 0 Å². The Morgan fingerprint density at radius 2 is 1.00 bits per heavy atom. The molecule has 0 fully saturated rings. The van der Waals surface area contributed by atoms with Crippen LogP contribution >= 0.6 is 0 Å². The van der Waals surface area contributed by atoms with Crippen LogP contribution in [0.4, 0.5) is 0 Å². The molecule has 246 valence electrons. The first-order chi connectivity index (χ1) is 23.6. The SMILES string of the molecule is [H]/N=N/C1=C(O)c2ccccc2C(c2ccc(-c3ccc(C4(S(=O)(=O)O)CC(/N=N/[H])=C(O)c5ccccc54)c(C)c3)cc2C)(S(=O)(=O)O)C1. The zero-order valence-corrected chi connectivity index (χ0v) is 27.2. The second kappa shape index (κ2) is 11.3. The molecule has 0 aliphatic heterocycles. The van der Waals surface area contributed by atoms with E-state index in [1.165, 1.54) is 24.3 Å². The third-order valence-electron chi connectivity index (χ3n) is 9.39. The minimum Gasteiger partial charge on any atom is -0.505 e. The Morgan fingerprint density at radius 1 is 0.625 bits per heavy atom. The minimum absolute atomic E-state index is 0.112. The topological polar surface area (TPSA) is 222 Å². The largest absolute Gasteiger partial charge is 0.505 e. The normalized spacial score (nSPS) is 22.1. The van der Waals surface area contributed by atoms with Crippen molar-refractivity contribution in [2.24, 2.45) is 10.2 Å². The maximum Gasteiger partial charge on any atom is 0.279 e. The van der Waals surface area contributed by atoms with Gasteiger partial charge in [-0.15, -0.1) is 0 Å². The molecule has 0 radical (unpaired) electrons. The summed E-state index contributed by atoms with van der Waals surface area (Å²) < 4.78 is 85.4. The highest BCUT2D eigenvalue weighted by molar-refractivity contribution is 7.87. The van der Waals surface area contributed by atoms with Crippen molar-refractivity contribution in [3.05, 3.63) is 141 Å². The third-order valence-corrected chi connectivity index (χ3v) is 12.3. The van der Waals surface area contributed by atoms with Crippen molar-refractivity contribution < 1.29 is 39.0 Å². The molecule has 0 bridgehead atoms. The summed E-state index contributed by atoms with van der Waals surface area (Å²) in [4.78, 5) is 0. The van der Waals surface area contributed by atoms with Gasteiger partial charge in [-0.2, -0.15) is 27.1 Å². The predicted molar refractivity (Wildman–Crippen MR) is 178 cm³/mol. The zero-order chi connectivity index (χ0) is 36.2. The van der Waals surface area contributed by atoms with E-state index in [0.717, 1.165) is 0 Å². The molecule has 6 rings (SSSR count). The Morgan fingerprint density at radius 3 is 1.33 bits per heavy atom. The van der Waals surface area contributed by atoms with Gasteiger partial charge in [0.25, 0.3) is 20.2 Å². The van der Waals surface area contributed by atoms with Crippen LogP contribution in [0.25, 0.3) is 22.6 Å². The van der Waals surface area contributed by atoms with Gasteiger partial charge >= 0.3 is 0 Å². The fourth-order valence-corrected chi connectivity index (χ4v) is 9.76. The van der Waals surface area contributed by atoms with Gasteiger partial charge in [-0.05, 0) is 58.4 Å². The van der Waals surface area contributed by atoms with Gasteiger partial charge in [0, 0.05) is 24.0 Å². The zero-order valence-electron chi connectivity index (χ0n) is 27.5. The molecule has 4 aromatic rings. The van der Waals surface area contributed by atoms with Crippen LogP contribution in [0, 0.1) is 24.9 Å². The molecule has 4 aromatic carbocycles. The summed E-state index contributed by atoms with van der Waals surface area (Å²) in [7, 11) is -9.90. The lowest BCUT2D eigenvalue weighted by Crippen LogP contribution is -2.40. The number of rotatable bonds is 7. The minimum atomic E-state index is -4.95. The molecule has 2 aliphatic carbocycles. The molecule has 12 nitrogen and oxygen atoms in total. The molecule has 0 spiro atoms. The highest BCUT2D eigenvalue weighted by atomic mass is 32.2. The molecule has 2 atom stereocenters. The molecular weight excluding hydrogens is 657 g/mol. The summed E-state index contributed by atoms with van der Waals surface area (Å²) >= 11 is 0. The van der Waals surface area contributed by atoms with Crippen molar-refractivity contribution in [2.45, 2.75) is 36.2 Å². The van der Waals surface area contributed by atoms with E-state index in [9.17, 15) is 36.2 Å². The Balaban J connectivity index is 1.50. The first-order valence-electron chi connectivity index (χ1n) is 15.4. The molecule has 2 unspecified atom stereocenters. The quantitative estimate of drug-likeness (QED) is 0.0839. The van der Waals surface area contributed by atoms with E-state index < -0.39 is 42.6 Å². The van der Waals surface area contributed by atoms with Crippen LogP contribution in [0.15, 0.2) is 107 Å². The highest BCUT2D eigenvalue weighted by Crippen LogP contribution is 2.52. The van der Waals surface area contributed by atoms with Crippen LogP contribution in [-0.2, 0) is 29.7 Å². The van der Waals surface area contributed by atoms with Gasteiger partial charge in [-0.3, -0.25) is 9.11 Å². The standard InChI is InChI=1S/C34H30N4O8S2/c1-19-15-21(11-13-25(19)33(47(41,42)43)17-29(37-35)31(39)23-7-3-5-9-27(23)33)22-12-14-26(20(2)16-22)34(48(44,45)46)18-30(38-36)32(40)24-8-4-6-10-28(24)34/h3-16,35-36,39-40H,17-18H2,1-2H3,(H,41,42,43)(H,44,45,46)/b37-35+,38-36+. The first kappa shape index (κ1) is 30.3. The molecule has 0 aromatic heterocycles. The number of hydrogen-bond acceptors (Lipinski definition) is 10. The number of nitrogens with one attached hydrogen (secondary N) is 2. The Kier molecular flexibility index (Phi) is 7.14. The molecular formula is C34H30N4O8S2. The van der Waals surface area contributed by atoms with Crippen molar-refractivity contribution in [3.8, 4) is 11.1 Å². The summed E-state index contributed by atoms with van der Waals surface area (Å²) in [6, 6.07) is 22.0.